The van der Waals surface area contributed by atoms with Crippen molar-refractivity contribution < 1.29 is 9.30 Å². The lowest BCUT2D eigenvalue weighted by Crippen LogP contribution is -2.32. The van der Waals surface area contributed by atoms with Crippen LogP contribution in [-0.4, -0.2) is 20.7 Å². The highest BCUT2D eigenvalue weighted by molar-refractivity contribution is 5.66. The predicted molar refractivity (Wildman–Crippen MR) is 132 cm³/mol. The molecule has 0 atom stereocenters. The Bertz CT molecular complexity index is 971. The number of aryl methyl sites for hydroxylation is 1. The first-order valence-electron chi connectivity index (χ1n) is 11.5. The van der Waals surface area contributed by atoms with E-state index in [4.69, 9.17) is 11.3 Å². The number of hydrogen-bond donors (Lipinski definition) is 0. The van der Waals surface area contributed by atoms with Gasteiger partial charge in [0.25, 0.3) is 0 Å². The number of rotatable bonds is 12. The van der Waals surface area contributed by atoms with Crippen molar-refractivity contribution >= 4 is 11.4 Å². The highest BCUT2D eigenvalue weighted by Crippen LogP contribution is 2.25. The van der Waals surface area contributed by atoms with Crippen LogP contribution >= 0.6 is 0 Å². The predicted octanol–water partition coefficient (Wildman–Crippen LogP) is 6.68. The Kier molecular flexibility index (Phi) is 9.13. The molecule has 0 saturated carbocycles. The Balaban J connectivity index is 1.24. The topological polar surface area (TPSA) is 20.7 Å². The van der Waals surface area contributed by atoms with Gasteiger partial charge in [-0.2, -0.15) is 0 Å². The molecule has 0 radical (unpaired) electrons. The second kappa shape index (κ2) is 12.5. The van der Waals surface area contributed by atoms with Gasteiger partial charge < -0.3 is 9.64 Å². The van der Waals surface area contributed by atoms with Gasteiger partial charge in [0.2, 0.25) is 0 Å². The molecule has 2 aromatic carbocycles. The van der Waals surface area contributed by atoms with Crippen molar-refractivity contribution in [1.82, 2.24) is 0 Å². The minimum absolute atomic E-state index is 0.669. The fraction of sp³-hybridized carbons (Fsp3) is 0.357. The van der Waals surface area contributed by atoms with Crippen LogP contribution in [-0.2, 0) is 6.54 Å². The average molecular weight is 429 g/mol. The maximum Gasteiger partial charge on any atom is 0.187 e. The van der Waals surface area contributed by atoms with Gasteiger partial charge in [0, 0.05) is 38.3 Å². The summed E-state index contributed by atoms with van der Waals surface area (Å²) in [4.78, 5) is 5.56. The van der Waals surface area contributed by atoms with Gasteiger partial charge in [-0.15, -0.1) is 0 Å². The maximum absolute atomic E-state index is 7.04. The van der Waals surface area contributed by atoms with Gasteiger partial charge >= 0.3 is 0 Å². The molecule has 1 aromatic heterocycles. The summed E-state index contributed by atoms with van der Waals surface area (Å²) in [7, 11) is 4.14. The van der Waals surface area contributed by atoms with E-state index in [2.05, 4.69) is 65.1 Å². The molecule has 0 N–H and O–H groups in total. The summed E-state index contributed by atoms with van der Waals surface area (Å²) in [5.74, 6) is 0.920. The summed E-state index contributed by atoms with van der Waals surface area (Å²) in [6.45, 7) is 8.90. The zero-order valence-electron chi connectivity index (χ0n) is 19.3. The molecule has 3 aromatic rings. The number of nitrogens with zero attached hydrogens (tertiary/aromatic N) is 3. The third kappa shape index (κ3) is 7.42. The monoisotopic (exact) mass is 428 g/mol. The minimum Gasteiger partial charge on any atom is -0.494 e. The van der Waals surface area contributed by atoms with Crippen molar-refractivity contribution in [3.8, 4) is 16.9 Å². The number of hydrogen-bond acceptors (Lipinski definition) is 2. The Morgan fingerprint density at radius 2 is 1.31 bits per heavy atom. The lowest BCUT2D eigenvalue weighted by molar-refractivity contribution is -0.697. The zero-order chi connectivity index (χ0) is 22.6. The Morgan fingerprint density at radius 3 is 1.91 bits per heavy atom. The number of anilines is 1. The van der Waals surface area contributed by atoms with E-state index in [1.54, 1.807) is 0 Å². The van der Waals surface area contributed by atoms with Crippen molar-refractivity contribution in [3.05, 3.63) is 84.5 Å². The summed E-state index contributed by atoms with van der Waals surface area (Å²) in [6, 6.07) is 20.2. The van der Waals surface area contributed by atoms with E-state index in [0.29, 0.717) is 5.69 Å². The van der Waals surface area contributed by atoms with Crippen molar-refractivity contribution in [2.24, 2.45) is 0 Å². The van der Waals surface area contributed by atoms with Crippen LogP contribution in [0.2, 0.25) is 0 Å². The van der Waals surface area contributed by atoms with E-state index in [1.807, 2.05) is 36.4 Å². The molecule has 0 fully saturated rings. The van der Waals surface area contributed by atoms with E-state index in [9.17, 15) is 0 Å². The van der Waals surface area contributed by atoms with Crippen molar-refractivity contribution in [2.75, 3.05) is 25.6 Å². The van der Waals surface area contributed by atoms with Gasteiger partial charge in [-0.25, -0.2) is 9.41 Å². The summed E-state index contributed by atoms with van der Waals surface area (Å²) >= 11 is 0. The highest BCUT2D eigenvalue weighted by atomic mass is 16.5. The molecule has 0 aliphatic carbocycles. The first kappa shape index (κ1) is 23.3. The van der Waals surface area contributed by atoms with Crippen LogP contribution in [0.3, 0.4) is 0 Å². The molecule has 3 rings (SSSR count). The molecule has 0 aliphatic heterocycles. The van der Waals surface area contributed by atoms with Crippen LogP contribution < -0.4 is 14.2 Å². The van der Waals surface area contributed by atoms with E-state index in [1.165, 1.54) is 37.8 Å². The van der Waals surface area contributed by atoms with Crippen LogP contribution in [0.4, 0.5) is 11.4 Å². The molecule has 32 heavy (non-hydrogen) atoms. The second-order valence-corrected chi connectivity index (χ2v) is 8.34. The quantitative estimate of drug-likeness (QED) is 0.182. The van der Waals surface area contributed by atoms with Gasteiger partial charge in [-0.3, -0.25) is 0 Å². The zero-order valence-corrected chi connectivity index (χ0v) is 19.3. The molecular weight excluding hydrogens is 394 g/mol. The molecule has 0 bridgehead atoms. The molecule has 0 amide bonds. The van der Waals surface area contributed by atoms with Gasteiger partial charge in [0.05, 0.1) is 13.2 Å². The smallest absolute Gasteiger partial charge is 0.187 e. The minimum atomic E-state index is 0.669. The highest BCUT2D eigenvalue weighted by Gasteiger charge is 2.03. The van der Waals surface area contributed by atoms with E-state index >= 15 is 0 Å². The van der Waals surface area contributed by atoms with Crippen molar-refractivity contribution in [2.45, 2.75) is 45.1 Å². The Labute approximate surface area is 192 Å². The molecule has 0 saturated heterocycles. The second-order valence-electron chi connectivity index (χ2n) is 8.34. The number of benzene rings is 2. The standard InChI is InChI=1S/C28H34N3O/c1-29-26-14-10-24(11-15-26)25-12-16-28(17-13-25)32-23-9-7-5-4-6-8-20-31-21-18-27(19-22-31)30(2)3/h10-19,21-22H,4-9,20,23H2,2-3H3/q+1. The summed E-state index contributed by atoms with van der Waals surface area (Å²) in [6.07, 6.45) is 11.7. The molecular formula is C28H34N3O+. The fourth-order valence-electron chi connectivity index (χ4n) is 3.66. The van der Waals surface area contributed by atoms with Gasteiger partial charge in [0.15, 0.2) is 18.1 Å². The fourth-order valence-corrected chi connectivity index (χ4v) is 3.66. The first-order chi connectivity index (χ1) is 15.7. The lowest BCUT2D eigenvalue weighted by Gasteiger charge is -2.10. The SMILES string of the molecule is [C-]#[N+]c1ccc(-c2ccc(OCCCCCCCC[n+]3ccc(N(C)C)cc3)cc2)cc1. The van der Waals surface area contributed by atoms with E-state index in [0.717, 1.165) is 36.4 Å². The van der Waals surface area contributed by atoms with Crippen LogP contribution in [0.25, 0.3) is 16.0 Å². The molecule has 0 aliphatic rings. The molecule has 4 nitrogen and oxygen atoms in total. The molecule has 166 valence electrons. The summed E-state index contributed by atoms with van der Waals surface area (Å²) in [5.41, 5.74) is 4.17. The Morgan fingerprint density at radius 1 is 0.750 bits per heavy atom. The molecule has 4 heteroatoms. The molecule has 0 spiro atoms. The summed E-state index contributed by atoms with van der Waals surface area (Å²) < 4.78 is 8.17. The maximum atomic E-state index is 7.04. The van der Waals surface area contributed by atoms with Crippen LogP contribution in [0, 0.1) is 6.57 Å². The third-order valence-corrected chi connectivity index (χ3v) is 5.65. The molecule has 1 heterocycles. The number of ether oxygens (including phenoxy) is 1. The normalized spacial score (nSPS) is 10.5. The van der Waals surface area contributed by atoms with Gasteiger partial charge in [-0.05, 0) is 36.1 Å². The lowest BCUT2D eigenvalue weighted by atomic mass is 10.1. The first-order valence-corrected chi connectivity index (χ1v) is 11.5. The molecule has 0 unspecified atom stereocenters. The Hall–Kier alpha value is -3.32. The number of aromatic nitrogens is 1. The summed E-state index contributed by atoms with van der Waals surface area (Å²) in [5, 5.41) is 0. The van der Waals surface area contributed by atoms with Gasteiger partial charge in [0.1, 0.15) is 12.3 Å². The van der Waals surface area contributed by atoms with Crippen LogP contribution in [0.5, 0.6) is 5.75 Å². The van der Waals surface area contributed by atoms with E-state index in [-0.39, 0.29) is 0 Å². The van der Waals surface area contributed by atoms with Crippen molar-refractivity contribution in [1.29, 1.82) is 0 Å². The van der Waals surface area contributed by atoms with Gasteiger partial charge in [-0.1, -0.05) is 55.7 Å². The average Bonchev–Trinajstić information content (AvgIpc) is 2.84. The van der Waals surface area contributed by atoms with Crippen molar-refractivity contribution in [3.63, 3.8) is 0 Å². The third-order valence-electron chi connectivity index (χ3n) is 5.65. The number of pyridine rings is 1. The van der Waals surface area contributed by atoms with E-state index < -0.39 is 0 Å². The number of unbranched alkanes of at least 4 members (excludes halogenated alkanes) is 5. The largest absolute Gasteiger partial charge is 0.494 e. The van der Waals surface area contributed by atoms with Crippen LogP contribution in [0.1, 0.15) is 38.5 Å². The van der Waals surface area contributed by atoms with Crippen LogP contribution in [0.15, 0.2) is 73.1 Å².